The van der Waals surface area contributed by atoms with Crippen molar-refractivity contribution in [1.29, 1.82) is 0 Å². The molecule has 1 aliphatic heterocycles. The van der Waals surface area contributed by atoms with Gasteiger partial charge < -0.3 is 15.1 Å². The van der Waals surface area contributed by atoms with Gasteiger partial charge in [-0.25, -0.2) is 4.79 Å². The number of aromatic nitrogens is 2. The Kier molecular flexibility index (Phi) is 7.49. The van der Waals surface area contributed by atoms with Gasteiger partial charge in [-0.15, -0.1) is 10.2 Å². The lowest BCUT2D eigenvalue weighted by molar-refractivity contribution is -0.138. The van der Waals surface area contributed by atoms with Crippen LogP contribution in [0.2, 0.25) is 0 Å². The molecule has 1 aromatic carbocycles. The van der Waals surface area contributed by atoms with Gasteiger partial charge in [0.05, 0.1) is 11.1 Å². The minimum absolute atomic E-state index is 0.256. The molecule has 1 fully saturated rings. The van der Waals surface area contributed by atoms with Crippen LogP contribution >= 0.6 is 0 Å². The molecule has 0 radical (unpaired) electrons. The van der Waals surface area contributed by atoms with Gasteiger partial charge in [-0.1, -0.05) is 25.5 Å². The third-order valence-electron chi connectivity index (χ3n) is 5.06. The van der Waals surface area contributed by atoms with Gasteiger partial charge in [0.2, 0.25) is 0 Å². The standard InChI is InChI=1S/C21H25F3N6O2/c1-2-3-10-25-20(32)26-17-8-9-18(28-27-17)29-11-13-30(14-12-29)19(31)15-6-4-5-7-16(15)21(22,23)24/h4-9H,2-3,10-14H2,1H3,(H2,25,26,27,32). The number of amides is 3. The lowest BCUT2D eigenvalue weighted by Crippen LogP contribution is -2.49. The largest absolute Gasteiger partial charge is 0.417 e. The number of alkyl halides is 3. The molecule has 0 aliphatic carbocycles. The van der Waals surface area contributed by atoms with Crippen LogP contribution in [-0.4, -0.2) is 59.8 Å². The van der Waals surface area contributed by atoms with Crippen molar-refractivity contribution in [2.75, 3.05) is 42.9 Å². The number of piperazine rings is 1. The van der Waals surface area contributed by atoms with E-state index >= 15 is 0 Å². The minimum atomic E-state index is -4.59. The van der Waals surface area contributed by atoms with Crippen molar-refractivity contribution in [2.24, 2.45) is 0 Å². The van der Waals surface area contributed by atoms with Gasteiger partial charge in [-0.2, -0.15) is 13.2 Å². The minimum Gasteiger partial charge on any atom is -0.352 e. The molecule has 32 heavy (non-hydrogen) atoms. The van der Waals surface area contributed by atoms with Crippen LogP contribution in [0.1, 0.15) is 35.7 Å². The van der Waals surface area contributed by atoms with E-state index in [1.165, 1.54) is 23.1 Å². The zero-order chi connectivity index (χ0) is 23.1. The number of urea groups is 1. The molecule has 11 heteroatoms. The van der Waals surface area contributed by atoms with Crippen molar-refractivity contribution in [3.8, 4) is 0 Å². The molecule has 8 nitrogen and oxygen atoms in total. The number of carbonyl (C=O) groups is 2. The third-order valence-corrected chi connectivity index (χ3v) is 5.06. The van der Waals surface area contributed by atoms with Crippen LogP contribution in [0.5, 0.6) is 0 Å². The van der Waals surface area contributed by atoms with Crippen LogP contribution in [0, 0.1) is 0 Å². The first-order chi connectivity index (χ1) is 15.3. The summed E-state index contributed by atoms with van der Waals surface area (Å²) in [5, 5.41) is 13.4. The fraction of sp³-hybridized carbons (Fsp3) is 0.429. The summed E-state index contributed by atoms with van der Waals surface area (Å²) >= 11 is 0. The lowest BCUT2D eigenvalue weighted by Gasteiger charge is -2.35. The van der Waals surface area contributed by atoms with Crippen LogP contribution in [0.3, 0.4) is 0 Å². The fourth-order valence-corrected chi connectivity index (χ4v) is 3.33. The number of rotatable bonds is 6. The first kappa shape index (κ1) is 23.3. The van der Waals surface area contributed by atoms with E-state index in [9.17, 15) is 22.8 Å². The SMILES string of the molecule is CCCCNC(=O)Nc1ccc(N2CCN(C(=O)c3ccccc3C(F)(F)F)CC2)nn1. The maximum atomic E-state index is 13.2. The summed E-state index contributed by atoms with van der Waals surface area (Å²) in [4.78, 5) is 27.7. The molecular weight excluding hydrogens is 425 g/mol. The molecule has 3 amide bonds. The zero-order valence-corrected chi connectivity index (χ0v) is 17.7. The van der Waals surface area contributed by atoms with Gasteiger partial charge in [0.1, 0.15) is 0 Å². The number of nitrogens with zero attached hydrogens (tertiary/aromatic N) is 4. The van der Waals surface area contributed by atoms with E-state index < -0.39 is 17.6 Å². The maximum Gasteiger partial charge on any atom is 0.417 e. The molecule has 2 N–H and O–H groups in total. The van der Waals surface area contributed by atoms with E-state index in [0.717, 1.165) is 18.9 Å². The Morgan fingerprint density at radius 1 is 1.03 bits per heavy atom. The molecule has 1 aliphatic rings. The molecule has 1 aromatic heterocycles. The van der Waals surface area contributed by atoms with E-state index in [1.807, 2.05) is 11.8 Å². The number of benzene rings is 1. The second kappa shape index (κ2) is 10.3. The molecule has 0 atom stereocenters. The first-order valence-electron chi connectivity index (χ1n) is 10.4. The molecule has 3 rings (SSSR count). The average molecular weight is 450 g/mol. The predicted molar refractivity (Wildman–Crippen MR) is 114 cm³/mol. The Labute approximate surface area is 183 Å². The Morgan fingerprint density at radius 2 is 1.75 bits per heavy atom. The van der Waals surface area contributed by atoms with Crippen LogP contribution < -0.4 is 15.5 Å². The van der Waals surface area contributed by atoms with Crippen molar-refractivity contribution in [1.82, 2.24) is 20.4 Å². The van der Waals surface area contributed by atoms with Crippen molar-refractivity contribution in [2.45, 2.75) is 25.9 Å². The number of hydrogen-bond donors (Lipinski definition) is 2. The Bertz CT molecular complexity index is 928. The van der Waals surface area contributed by atoms with Crippen LogP contribution in [0.15, 0.2) is 36.4 Å². The predicted octanol–water partition coefficient (Wildman–Crippen LogP) is 3.38. The molecule has 1 saturated heterocycles. The molecular formula is C21H25F3N6O2. The average Bonchev–Trinajstić information content (AvgIpc) is 2.79. The highest BCUT2D eigenvalue weighted by molar-refractivity contribution is 5.96. The maximum absolute atomic E-state index is 13.2. The van der Waals surface area contributed by atoms with Crippen LogP contribution in [0.25, 0.3) is 0 Å². The summed E-state index contributed by atoms with van der Waals surface area (Å²) in [6, 6.07) is 7.78. The Hall–Kier alpha value is -3.37. The van der Waals surface area contributed by atoms with E-state index in [0.29, 0.717) is 31.3 Å². The monoisotopic (exact) mass is 450 g/mol. The number of halogens is 3. The molecule has 2 aromatic rings. The molecule has 0 bridgehead atoms. The van der Waals surface area contributed by atoms with Gasteiger partial charge in [0.25, 0.3) is 5.91 Å². The van der Waals surface area contributed by atoms with E-state index in [1.54, 1.807) is 12.1 Å². The second-order valence-corrected chi connectivity index (χ2v) is 7.33. The van der Waals surface area contributed by atoms with Crippen molar-refractivity contribution < 1.29 is 22.8 Å². The Morgan fingerprint density at radius 3 is 2.38 bits per heavy atom. The van der Waals surface area contributed by atoms with Crippen LogP contribution in [-0.2, 0) is 6.18 Å². The zero-order valence-electron chi connectivity index (χ0n) is 17.7. The van der Waals surface area contributed by atoms with Gasteiger partial charge in [0.15, 0.2) is 11.6 Å². The topological polar surface area (TPSA) is 90.5 Å². The van der Waals surface area contributed by atoms with Gasteiger partial charge in [-0.3, -0.25) is 10.1 Å². The first-order valence-corrected chi connectivity index (χ1v) is 10.4. The van der Waals surface area contributed by atoms with E-state index in [4.69, 9.17) is 0 Å². The summed E-state index contributed by atoms with van der Waals surface area (Å²) < 4.78 is 39.7. The number of anilines is 2. The number of unbranched alkanes of at least 4 members (excludes halogenated alkanes) is 1. The quantitative estimate of drug-likeness (QED) is 0.659. The van der Waals surface area contributed by atoms with Gasteiger partial charge in [0, 0.05) is 32.7 Å². The van der Waals surface area contributed by atoms with Crippen LogP contribution in [0.4, 0.5) is 29.6 Å². The van der Waals surface area contributed by atoms with Gasteiger partial charge in [-0.05, 0) is 30.7 Å². The van der Waals surface area contributed by atoms with Crippen molar-refractivity contribution in [3.63, 3.8) is 0 Å². The Balaban J connectivity index is 1.56. The molecule has 0 unspecified atom stereocenters. The molecule has 2 heterocycles. The molecule has 0 spiro atoms. The smallest absolute Gasteiger partial charge is 0.352 e. The third kappa shape index (κ3) is 5.86. The highest BCUT2D eigenvalue weighted by Gasteiger charge is 2.36. The van der Waals surface area contributed by atoms with E-state index in [2.05, 4.69) is 20.8 Å². The number of carbonyl (C=O) groups excluding carboxylic acids is 2. The molecule has 0 saturated carbocycles. The van der Waals surface area contributed by atoms with Gasteiger partial charge >= 0.3 is 12.2 Å². The summed E-state index contributed by atoms with van der Waals surface area (Å²) in [7, 11) is 0. The second-order valence-electron chi connectivity index (χ2n) is 7.33. The normalized spacial score (nSPS) is 14.2. The number of hydrogen-bond acceptors (Lipinski definition) is 5. The highest BCUT2D eigenvalue weighted by atomic mass is 19.4. The number of nitrogens with one attached hydrogen (secondary N) is 2. The molecule has 172 valence electrons. The summed E-state index contributed by atoms with van der Waals surface area (Å²) in [5.74, 6) is 0.224. The lowest BCUT2D eigenvalue weighted by atomic mass is 10.1. The summed E-state index contributed by atoms with van der Waals surface area (Å²) in [6.07, 6.45) is -2.73. The highest BCUT2D eigenvalue weighted by Crippen LogP contribution is 2.32. The van der Waals surface area contributed by atoms with Crippen molar-refractivity contribution >= 4 is 23.6 Å². The van der Waals surface area contributed by atoms with Crippen molar-refractivity contribution in [3.05, 3.63) is 47.5 Å². The summed E-state index contributed by atoms with van der Waals surface area (Å²) in [6.45, 7) is 3.92. The summed E-state index contributed by atoms with van der Waals surface area (Å²) in [5.41, 5.74) is -1.28. The fourth-order valence-electron chi connectivity index (χ4n) is 3.33. The van der Waals surface area contributed by atoms with E-state index in [-0.39, 0.29) is 24.7 Å².